The number of hydrogen-bond acceptors (Lipinski definition) is 2. The van der Waals surface area contributed by atoms with Crippen LogP contribution in [0.2, 0.25) is 0 Å². The van der Waals surface area contributed by atoms with Gasteiger partial charge in [0.15, 0.2) is 0 Å². The third kappa shape index (κ3) is 5.56. The molecule has 0 aliphatic heterocycles. The Morgan fingerprint density at radius 1 is 1.33 bits per heavy atom. The maximum absolute atomic E-state index is 11.0. The van der Waals surface area contributed by atoms with Crippen LogP contribution in [0, 0.1) is 0 Å². The van der Waals surface area contributed by atoms with Gasteiger partial charge in [0.1, 0.15) is 5.50 Å². The second kappa shape index (κ2) is 6.47. The molecular weight excluding hydrogens is 285 g/mol. The van der Waals surface area contributed by atoms with E-state index in [1.807, 2.05) is 6.92 Å². The molecule has 0 spiro atoms. The van der Waals surface area contributed by atoms with Crippen molar-refractivity contribution in [1.29, 1.82) is 0 Å². The number of hydrogen-bond donors (Lipinski definition) is 1. The first-order valence-corrected chi connectivity index (χ1v) is 7.09. The predicted octanol–water partition coefficient (Wildman–Crippen LogP) is 2.65. The first-order chi connectivity index (χ1) is 6.70. The molecule has 0 fully saturated rings. The minimum Gasteiger partial charge on any atom is -0.273 e. The summed E-state index contributed by atoms with van der Waals surface area (Å²) in [6.07, 6.45) is 0.872. The zero-order valence-electron chi connectivity index (χ0n) is 8.40. The summed E-state index contributed by atoms with van der Waals surface area (Å²) in [4.78, 5) is 0. The molecule has 0 heterocycles. The van der Waals surface area contributed by atoms with E-state index < -0.39 is 21.3 Å². The summed E-state index contributed by atoms with van der Waals surface area (Å²) in [5, 5.41) is -0.257. The van der Waals surface area contributed by atoms with Gasteiger partial charge in [0.25, 0.3) is 0 Å². The Balaban J connectivity index is 4.66. The standard InChI is InChI=1S/C7H14Cl3NO3S/c1-3-6(9)4-7(10)11(5(2)8)15(12,13)14/h5-7H,3-4H2,1-2H3,(H,12,13,14). The van der Waals surface area contributed by atoms with E-state index in [9.17, 15) is 8.42 Å². The first-order valence-electron chi connectivity index (χ1n) is 4.38. The fourth-order valence-electron chi connectivity index (χ4n) is 1.03. The Labute approximate surface area is 105 Å². The van der Waals surface area contributed by atoms with Crippen molar-refractivity contribution in [3.63, 3.8) is 0 Å². The third-order valence-corrected chi connectivity index (χ3v) is 4.21. The third-order valence-electron chi connectivity index (χ3n) is 1.79. The average Bonchev–Trinajstić information content (AvgIpc) is 1.99. The van der Waals surface area contributed by atoms with E-state index in [1.165, 1.54) is 6.92 Å². The largest absolute Gasteiger partial charge is 0.338 e. The molecule has 3 unspecified atom stereocenters. The van der Waals surface area contributed by atoms with Crippen LogP contribution in [0.5, 0.6) is 0 Å². The molecule has 0 aromatic carbocycles. The molecule has 0 aromatic rings. The van der Waals surface area contributed by atoms with Crippen molar-refractivity contribution in [2.75, 3.05) is 0 Å². The summed E-state index contributed by atoms with van der Waals surface area (Å²) >= 11 is 17.3. The predicted molar refractivity (Wildman–Crippen MR) is 62.9 cm³/mol. The summed E-state index contributed by atoms with van der Waals surface area (Å²) in [5.41, 5.74) is -1.88. The van der Waals surface area contributed by atoms with Crippen LogP contribution in [-0.2, 0) is 10.3 Å². The fraction of sp³-hybridized carbons (Fsp3) is 1.00. The normalized spacial score (nSPS) is 18.9. The van der Waals surface area contributed by atoms with Gasteiger partial charge in [-0.15, -0.1) is 39.1 Å². The van der Waals surface area contributed by atoms with Crippen LogP contribution in [0.4, 0.5) is 0 Å². The molecule has 3 atom stereocenters. The van der Waals surface area contributed by atoms with Gasteiger partial charge in [0.05, 0.1) is 5.50 Å². The molecule has 0 aromatic heterocycles. The molecule has 0 aliphatic rings. The monoisotopic (exact) mass is 297 g/mol. The van der Waals surface area contributed by atoms with Gasteiger partial charge in [-0.05, 0) is 19.8 Å². The minimum atomic E-state index is -4.41. The van der Waals surface area contributed by atoms with E-state index in [1.54, 1.807) is 0 Å². The van der Waals surface area contributed by atoms with E-state index in [4.69, 9.17) is 39.4 Å². The lowest BCUT2D eigenvalue weighted by Crippen LogP contribution is -2.41. The number of alkyl halides is 3. The SMILES string of the molecule is CCC(Cl)CC(Cl)N(C(C)Cl)S(=O)(=O)O. The summed E-state index contributed by atoms with van der Waals surface area (Å²) < 4.78 is 31.4. The molecular formula is C7H14Cl3NO3S. The maximum atomic E-state index is 11.0. The Morgan fingerprint density at radius 3 is 2.07 bits per heavy atom. The molecule has 0 amide bonds. The topological polar surface area (TPSA) is 57.6 Å². The van der Waals surface area contributed by atoms with Gasteiger partial charge in [0.2, 0.25) is 0 Å². The average molecular weight is 299 g/mol. The Hall–Kier alpha value is 0.740. The van der Waals surface area contributed by atoms with E-state index >= 15 is 0 Å². The van der Waals surface area contributed by atoms with Crippen LogP contribution in [0.1, 0.15) is 26.7 Å². The zero-order chi connectivity index (χ0) is 12.2. The van der Waals surface area contributed by atoms with Crippen LogP contribution >= 0.6 is 34.8 Å². The highest BCUT2D eigenvalue weighted by Crippen LogP contribution is 2.23. The maximum Gasteiger partial charge on any atom is 0.338 e. The van der Waals surface area contributed by atoms with Crippen molar-refractivity contribution in [3.05, 3.63) is 0 Å². The molecule has 0 bridgehead atoms. The molecule has 92 valence electrons. The van der Waals surface area contributed by atoms with Crippen LogP contribution in [0.25, 0.3) is 0 Å². The fourth-order valence-corrected chi connectivity index (χ4v) is 3.22. The molecule has 8 heteroatoms. The van der Waals surface area contributed by atoms with Gasteiger partial charge in [-0.25, -0.2) is 0 Å². The van der Waals surface area contributed by atoms with Crippen molar-refractivity contribution in [1.82, 2.24) is 4.31 Å². The summed E-state index contributed by atoms with van der Waals surface area (Å²) in [6.45, 7) is 3.25. The number of nitrogens with zero attached hydrogens (tertiary/aromatic N) is 1. The van der Waals surface area contributed by atoms with Crippen LogP contribution in [-0.4, -0.2) is 33.7 Å². The van der Waals surface area contributed by atoms with Gasteiger partial charge in [-0.3, -0.25) is 4.55 Å². The second-order valence-electron chi connectivity index (χ2n) is 3.06. The van der Waals surface area contributed by atoms with Gasteiger partial charge in [0, 0.05) is 5.38 Å². The van der Waals surface area contributed by atoms with Gasteiger partial charge < -0.3 is 0 Å². The Morgan fingerprint density at radius 2 is 1.80 bits per heavy atom. The molecule has 0 saturated heterocycles. The van der Waals surface area contributed by atoms with Crippen molar-refractivity contribution >= 4 is 45.1 Å². The van der Waals surface area contributed by atoms with Gasteiger partial charge in [-0.2, -0.15) is 8.42 Å². The molecule has 0 saturated carbocycles. The lowest BCUT2D eigenvalue weighted by Gasteiger charge is -2.26. The molecule has 1 N–H and O–H groups in total. The van der Waals surface area contributed by atoms with Crippen LogP contribution < -0.4 is 0 Å². The van der Waals surface area contributed by atoms with Gasteiger partial charge >= 0.3 is 10.3 Å². The van der Waals surface area contributed by atoms with E-state index in [2.05, 4.69) is 0 Å². The quantitative estimate of drug-likeness (QED) is 0.466. The number of rotatable bonds is 6. The van der Waals surface area contributed by atoms with E-state index in [0.29, 0.717) is 10.7 Å². The van der Waals surface area contributed by atoms with Gasteiger partial charge in [-0.1, -0.05) is 6.92 Å². The molecule has 4 nitrogen and oxygen atoms in total. The van der Waals surface area contributed by atoms with Crippen molar-refractivity contribution in [3.8, 4) is 0 Å². The highest BCUT2D eigenvalue weighted by Gasteiger charge is 2.31. The Bertz CT molecular complexity index is 283. The zero-order valence-corrected chi connectivity index (χ0v) is 11.5. The van der Waals surface area contributed by atoms with Crippen LogP contribution in [0.15, 0.2) is 0 Å². The van der Waals surface area contributed by atoms with E-state index in [0.717, 1.165) is 0 Å². The van der Waals surface area contributed by atoms with Crippen molar-refractivity contribution in [2.45, 2.75) is 43.1 Å². The summed E-state index contributed by atoms with van der Waals surface area (Å²) in [6, 6.07) is 0. The summed E-state index contributed by atoms with van der Waals surface area (Å²) in [5.74, 6) is 0. The molecule has 15 heavy (non-hydrogen) atoms. The smallest absolute Gasteiger partial charge is 0.273 e. The van der Waals surface area contributed by atoms with Crippen molar-refractivity contribution < 1.29 is 13.0 Å². The molecule has 0 radical (unpaired) electrons. The highest BCUT2D eigenvalue weighted by atomic mass is 35.5. The lowest BCUT2D eigenvalue weighted by atomic mass is 10.2. The second-order valence-corrected chi connectivity index (χ2v) is 6.13. The minimum absolute atomic E-state index is 0.219. The number of halogens is 3. The molecule has 0 rings (SSSR count). The van der Waals surface area contributed by atoms with E-state index in [-0.39, 0.29) is 11.8 Å². The first kappa shape index (κ1) is 15.7. The summed E-state index contributed by atoms with van der Waals surface area (Å²) in [7, 11) is -4.41. The lowest BCUT2D eigenvalue weighted by molar-refractivity contribution is 0.316. The molecule has 0 aliphatic carbocycles. The van der Waals surface area contributed by atoms with Crippen LogP contribution in [0.3, 0.4) is 0 Å². The Kier molecular flexibility index (Phi) is 6.79. The van der Waals surface area contributed by atoms with Crippen molar-refractivity contribution in [2.24, 2.45) is 0 Å². The highest BCUT2D eigenvalue weighted by molar-refractivity contribution is 7.83.